The highest BCUT2D eigenvalue weighted by Crippen LogP contribution is 2.22. The second kappa shape index (κ2) is 9.25. The zero-order valence-electron chi connectivity index (χ0n) is 16.9. The van der Waals surface area contributed by atoms with E-state index in [1.54, 1.807) is 36.7 Å². The number of ether oxygens (including phenoxy) is 1. The highest BCUT2D eigenvalue weighted by atomic mass is 16.6. The summed E-state index contributed by atoms with van der Waals surface area (Å²) < 4.78 is 5.80. The van der Waals surface area contributed by atoms with E-state index >= 15 is 0 Å². The van der Waals surface area contributed by atoms with Crippen molar-refractivity contribution in [2.75, 3.05) is 31.1 Å². The summed E-state index contributed by atoms with van der Waals surface area (Å²) in [5.74, 6) is 0.606. The van der Waals surface area contributed by atoms with Crippen LogP contribution in [0.25, 0.3) is 0 Å². The van der Waals surface area contributed by atoms with Crippen molar-refractivity contribution in [3.63, 3.8) is 0 Å². The van der Waals surface area contributed by atoms with Crippen molar-refractivity contribution in [2.45, 2.75) is 6.61 Å². The molecule has 1 aliphatic rings. The Morgan fingerprint density at radius 3 is 2.48 bits per heavy atom. The second-order valence-corrected chi connectivity index (χ2v) is 7.23. The molecule has 1 aromatic heterocycles. The standard InChI is InChI=1S/C23H22N4O4/c28-23(19-4-1-5-22(15-19)31-17-18-3-2-10-24-16-18)26-13-11-25(12-14-26)20-6-8-21(9-7-20)27(29)30/h1-10,15-16H,11-14,17H2. The number of nitrogens with zero attached hydrogens (tertiary/aromatic N) is 4. The van der Waals surface area contributed by atoms with E-state index in [0.717, 1.165) is 11.3 Å². The highest BCUT2D eigenvalue weighted by Gasteiger charge is 2.23. The fourth-order valence-corrected chi connectivity index (χ4v) is 3.50. The number of carbonyl (C=O) groups excluding carboxylic acids is 1. The van der Waals surface area contributed by atoms with Gasteiger partial charge in [0.05, 0.1) is 4.92 Å². The smallest absolute Gasteiger partial charge is 0.269 e. The molecule has 0 aliphatic carbocycles. The molecule has 1 saturated heterocycles. The number of nitro groups is 1. The lowest BCUT2D eigenvalue weighted by molar-refractivity contribution is -0.384. The van der Waals surface area contributed by atoms with Crippen LogP contribution < -0.4 is 9.64 Å². The number of hydrogen-bond acceptors (Lipinski definition) is 6. The molecule has 0 atom stereocenters. The Morgan fingerprint density at radius 2 is 1.81 bits per heavy atom. The van der Waals surface area contributed by atoms with Gasteiger partial charge in [0.25, 0.3) is 11.6 Å². The van der Waals surface area contributed by atoms with Crippen LogP contribution in [-0.2, 0) is 6.61 Å². The summed E-state index contributed by atoms with van der Waals surface area (Å²) in [6.07, 6.45) is 3.46. The average molecular weight is 418 g/mol. The first-order valence-corrected chi connectivity index (χ1v) is 10.0. The summed E-state index contributed by atoms with van der Waals surface area (Å²) in [6.45, 7) is 2.88. The fourth-order valence-electron chi connectivity index (χ4n) is 3.50. The van der Waals surface area contributed by atoms with Crippen LogP contribution >= 0.6 is 0 Å². The lowest BCUT2D eigenvalue weighted by Gasteiger charge is -2.36. The zero-order valence-corrected chi connectivity index (χ0v) is 16.9. The number of hydrogen-bond donors (Lipinski definition) is 0. The molecule has 2 aromatic carbocycles. The topological polar surface area (TPSA) is 88.8 Å². The van der Waals surface area contributed by atoms with Crippen LogP contribution in [0.15, 0.2) is 73.1 Å². The maximum Gasteiger partial charge on any atom is 0.269 e. The van der Waals surface area contributed by atoms with Crippen LogP contribution in [0.1, 0.15) is 15.9 Å². The third-order valence-electron chi connectivity index (χ3n) is 5.20. The Labute approximate surface area is 179 Å². The van der Waals surface area contributed by atoms with Crippen molar-refractivity contribution in [3.8, 4) is 5.75 Å². The van der Waals surface area contributed by atoms with E-state index in [9.17, 15) is 14.9 Å². The van der Waals surface area contributed by atoms with E-state index in [4.69, 9.17) is 4.74 Å². The SMILES string of the molecule is O=C(c1cccc(OCc2cccnc2)c1)N1CCN(c2ccc([N+](=O)[O-])cc2)CC1. The molecule has 2 heterocycles. The molecule has 1 fully saturated rings. The Hall–Kier alpha value is -3.94. The van der Waals surface area contributed by atoms with Crippen molar-refractivity contribution in [2.24, 2.45) is 0 Å². The molecule has 1 amide bonds. The molecule has 0 saturated carbocycles. The number of aromatic nitrogens is 1. The monoisotopic (exact) mass is 418 g/mol. The third kappa shape index (κ3) is 4.98. The minimum Gasteiger partial charge on any atom is -0.489 e. The maximum atomic E-state index is 13.0. The largest absolute Gasteiger partial charge is 0.489 e. The first-order chi connectivity index (χ1) is 15.1. The molecule has 8 heteroatoms. The molecule has 0 bridgehead atoms. The minimum atomic E-state index is -0.408. The Bertz CT molecular complexity index is 1050. The molecule has 3 aromatic rings. The summed E-state index contributed by atoms with van der Waals surface area (Å²) in [4.78, 5) is 31.4. The van der Waals surface area contributed by atoms with Gasteiger partial charge < -0.3 is 14.5 Å². The molecule has 0 unspecified atom stereocenters. The van der Waals surface area contributed by atoms with Gasteiger partial charge in [0.2, 0.25) is 0 Å². The van der Waals surface area contributed by atoms with Gasteiger partial charge in [0, 0.05) is 67.5 Å². The van der Waals surface area contributed by atoms with Gasteiger partial charge in [0.1, 0.15) is 12.4 Å². The normalized spacial score (nSPS) is 13.7. The predicted molar refractivity (Wildman–Crippen MR) is 116 cm³/mol. The van der Waals surface area contributed by atoms with E-state index in [1.807, 2.05) is 29.2 Å². The van der Waals surface area contributed by atoms with Crippen LogP contribution in [0, 0.1) is 10.1 Å². The number of amides is 1. The number of pyridine rings is 1. The van der Waals surface area contributed by atoms with Gasteiger partial charge in [0.15, 0.2) is 0 Å². The van der Waals surface area contributed by atoms with Gasteiger partial charge in [-0.3, -0.25) is 19.9 Å². The van der Waals surface area contributed by atoms with E-state index < -0.39 is 4.92 Å². The number of piperazine rings is 1. The molecule has 4 rings (SSSR count). The van der Waals surface area contributed by atoms with Gasteiger partial charge in [-0.1, -0.05) is 12.1 Å². The highest BCUT2D eigenvalue weighted by molar-refractivity contribution is 5.94. The van der Waals surface area contributed by atoms with E-state index in [0.29, 0.717) is 44.1 Å². The van der Waals surface area contributed by atoms with Gasteiger partial charge in [-0.05, 0) is 36.4 Å². The van der Waals surface area contributed by atoms with Crippen LogP contribution in [0.2, 0.25) is 0 Å². The van der Waals surface area contributed by atoms with Crippen molar-refractivity contribution in [3.05, 3.63) is 94.3 Å². The minimum absolute atomic E-state index is 0.0322. The van der Waals surface area contributed by atoms with Crippen molar-refractivity contribution in [1.29, 1.82) is 0 Å². The lowest BCUT2D eigenvalue weighted by Crippen LogP contribution is -2.48. The van der Waals surface area contributed by atoms with Crippen LogP contribution in [0.4, 0.5) is 11.4 Å². The molecule has 8 nitrogen and oxygen atoms in total. The summed E-state index contributed by atoms with van der Waals surface area (Å²) in [6, 6.07) is 17.5. The maximum absolute atomic E-state index is 13.0. The summed E-state index contributed by atoms with van der Waals surface area (Å²) >= 11 is 0. The van der Waals surface area contributed by atoms with Crippen LogP contribution in [0.3, 0.4) is 0 Å². The third-order valence-corrected chi connectivity index (χ3v) is 5.20. The molecule has 1 aliphatic heterocycles. The van der Waals surface area contributed by atoms with Gasteiger partial charge >= 0.3 is 0 Å². The van der Waals surface area contributed by atoms with Gasteiger partial charge in [-0.15, -0.1) is 0 Å². The first kappa shape index (κ1) is 20.3. The summed E-state index contributed by atoms with van der Waals surface area (Å²) in [5, 5.41) is 10.8. The predicted octanol–water partition coefficient (Wildman–Crippen LogP) is 3.53. The van der Waals surface area contributed by atoms with Crippen LogP contribution in [-0.4, -0.2) is 46.9 Å². The van der Waals surface area contributed by atoms with Gasteiger partial charge in [-0.25, -0.2) is 0 Å². The molecule has 31 heavy (non-hydrogen) atoms. The van der Waals surface area contributed by atoms with Gasteiger partial charge in [-0.2, -0.15) is 0 Å². The number of nitro benzene ring substituents is 1. The number of benzene rings is 2. The molecule has 158 valence electrons. The Kier molecular flexibility index (Phi) is 6.07. The second-order valence-electron chi connectivity index (χ2n) is 7.23. The van der Waals surface area contributed by atoms with Crippen LogP contribution in [0.5, 0.6) is 5.75 Å². The van der Waals surface area contributed by atoms with Crippen molar-refractivity contribution >= 4 is 17.3 Å². The molecule has 0 radical (unpaired) electrons. The van der Waals surface area contributed by atoms with Crippen molar-refractivity contribution < 1.29 is 14.5 Å². The molecular formula is C23H22N4O4. The van der Waals surface area contributed by atoms with E-state index in [1.165, 1.54) is 12.1 Å². The van der Waals surface area contributed by atoms with E-state index in [2.05, 4.69) is 9.88 Å². The fraction of sp³-hybridized carbons (Fsp3) is 0.217. The summed E-state index contributed by atoms with van der Waals surface area (Å²) in [5.41, 5.74) is 2.54. The number of rotatable bonds is 6. The summed E-state index contributed by atoms with van der Waals surface area (Å²) in [7, 11) is 0. The molecule has 0 spiro atoms. The average Bonchev–Trinajstić information content (AvgIpc) is 2.83. The number of anilines is 1. The Balaban J connectivity index is 1.34. The number of carbonyl (C=O) groups is 1. The first-order valence-electron chi connectivity index (χ1n) is 10.0. The number of non-ortho nitro benzene ring substituents is 1. The van der Waals surface area contributed by atoms with Crippen molar-refractivity contribution in [1.82, 2.24) is 9.88 Å². The molecular weight excluding hydrogens is 396 g/mol. The Morgan fingerprint density at radius 1 is 1.03 bits per heavy atom. The molecule has 0 N–H and O–H groups in total. The quantitative estimate of drug-likeness (QED) is 0.449. The lowest BCUT2D eigenvalue weighted by atomic mass is 10.1. The van der Waals surface area contributed by atoms with E-state index in [-0.39, 0.29) is 11.6 Å². The zero-order chi connectivity index (χ0) is 21.6.